The normalized spacial score (nSPS) is 12.2. The van der Waals surface area contributed by atoms with Gasteiger partial charge in [0.05, 0.1) is 51.2 Å². The first-order chi connectivity index (χ1) is 72.3. The Balaban J connectivity index is 0.000000106. The molecule has 0 fully saturated rings. The molecule has 0 saturated carbocycles. The van der Waals surface area contributed by atoms with Gasteiger partial charge in [0.2, 0.25) is 0 Å². The molecule has 30 rings (SSSR count). The second-order valence-corrected chi connectivity index (χ2v) is 37.7. The van der Waals surface area contributed by atoms with E-state index in [2.05, 4.69) is 418 Å². The number of furan rings is 4. The fraction of sp³-hybridized carbons (Fsp3) is 0. The third kappa shape index (κ3) is 14.9. The predicted octanol–water partition coefficient (Wildman–Crippen LogP) is 39.5. The Morgan fingerprint density at radius 3 is 0.822 bits per heavy atom. The van der Waals surface area contributed by atoms with Crippen LogP contribution in [0.4, 0.5) is 102 Å². The number of fused-ring (bicyclic) bond motifs is 21. The van der Waals surface area contributed by atoms with Gasteiger partial charge in [-0.3, -0.25) is 0 Å². The first-order valence-electron chi connectivity index (χ1n) is 48.8. The van der Waals surface area contributed by atoms with Gasteiger partial charge in [-0.1, -0.05) is 249 Å². The Kier molecular flexibility index (Phi) is 20.5. The number of hydrogen-bond donors (Lipinski definition) is 0. The van der Waals surface area contributed by atoms with Crippen LogP contribution in [0.1, 0.15) is 0 Å². The molecule has 13 nitrogen and oxygen atoms in total. The predicted molar refractivity (Wildman–Crippen MR) is 601 cm³/mol. The lowest BCUT2D eigenvalue weighted by molar-refractivity contribution is 0.477. The van der Waals surface area contributed by atoms with Crippen molar-refractivity contribution in [2.45, 2.75) is 0 Å². The fourth-order valence-electron chi connectivity index (χ4n) is 21.1. The summed E-state index contributed by atoms with van der Waals surface area (Å²) in [7, 11) is 0. The second kappa shape index (κ2) is 35.4. The SMILES string of the molecule is c1ccc(-c2ccc(-c3ccc(N(c4ccccc4)c4ccc5c(c4)Oc4ccccc4N5c4ccc5c(c4)oc4ccccc45)cc3)cc2)cc1.c1ccc(N(c2ccc3c(c2)Oc2ccccc2N3c2ccc3c(c2)oc2ccccc23)c2ccc3oc4ccccc4c3c2)cc1.c1ccc(N(c2ccc3c(c2)Oc2ccccc2N3c2ccc3c(c2)oc2ccccc23)c2ccc3sc4ccccc4c3c2)cc1. The van der Waals surface area contributed by atoms with Crippen molar-refractivity contribution in [3.8, 4) is 56.8 Å². The van der Waals surface area contributed by atoms with Gasteiger partial charge in [0.15, 0.2) is 34.5 Å². The van der Waals surface area contributed by atoms with Gasteiger partial charge in [0, 0.05) is 151 Å². The smallest absolute Gasteiger partial charge is 0.153 e. The Morgan fingerprint density at radius 1 is 0.151 bits per heavy atom. The van der Waals surface area contributed by atoms with E-state index in [4.69, 9.17) is 31.9 Å². The van der Waals surface area contributed by atoms with Crippen LogP contribution >= 0.6 is 11.3 Å². The third-order valence-electron chi connectivity index (χ3n) is 27.9. The Hall–Kier alpha value is -19.5. The summed E-state index contributed by atoms with van der Waals surface area (Å²) in [6.45, 7) is 0. The van der Waals surface area contributed by atoms with Gasteiger partial charge in [-0.2, -0.15) is 0 Å². The van der Waals surface area contributed by atoms with Crippen LogP contribution < -0.4 is 43.6 Å². The minimum atomic E-state index is 0.765. The van der Waals surface area contributed by atoms with E-state index in [9.17, 15) is 0 Å². The van der Waals surface area contributed by atoms with E-state index in [0.717, 1.165) is 225 Å². The van der Waals surface area contributed by atoms with Crippen LogP contribution in [0.25, 0.3) is 130 Å². The van der Waals surface area contributed by atoms with E-state index >= 15 is 0 Å². The number of nitrogens with zero attached hydrogens (tertiary/aromatic N) is 6. The van der Waals surface area contributed by atoms with Crippen molar-refractivity contribution >= 4 is 222 Å². The molecule has 0 N–H and O–H groups in total. The van der Waals surface area contributed by atoms with Crippen molar-refractivity contribution in [2.24, 2.45) is 0 Å². The molecular weight excluding hydrogens is 1810 g/mol. The van der Waals surface area contributed by atoms with E-state index in [1.807, 2.05) is 133 Å². The Bertz CT molecular complexity index is 9380. The molecule has 14 heteroatoms. The summed E-state index contributed by atoms with van der Waals surface area (Å²) in [6.07, 6.45) is 0. The molecule has 22 aromatic carbocycles. The molecule has 0 saturated heterocycles. The number of hydrogen-bond acceptors (Lipinski definition) is 14. The molecule has 0 aliphatic carbocycles. The number of para-hydroxylation sites is 13. The molecule has 27 aromatic rings. The second-order valence-electron chi connectivity index (χ2n) is 36.6. The summed E-state index contributed by atoms with van der Waals surface area (Å²) >= 11 is 1.83. The lowest BCUT2D eigenvalue weighted by Gasteiger charge is -2.34. The number of benzene rings is 22. The summed E-state index contributed by atoms with van der Waals surface area (Å²) in [6, 6.07) is 177. The highest BCUT2D eigenvalue weighted by atomic mass is 32.1. The number of anilines is 18. The maximum Gasteiger partial charge on any atom is 0.153 e. The molecule has 0 bridgehead atoms. The molecule has 3 aliphatic rings. The maximum absolute atomic E-state index is 6.65. The number of thiophene rings is 1. The van der Waals surface area contributed by atoms with E-state index < -0.39 is 0 Å². The molecule has 0 radical (unpaired) electrons. The van der Waals surface area contributed by atoms with Crippen LogP contribution in [0, 0.1) is 0 Å². The van der Waals surface area contributed by atoms with Crippen molar-refractivity contribution in [1.82, 2.24) is 0 Å². The van der Waals surface area contributed by atoms with Gasteiger partial charge < -0.3 is 61.3 Å². The molecule has 690 valence electrons. The summed E-state index contributed by atoms with van der Waals surface area (Å²) in [5, 5.41) is 11.4. The largest absolute Gasteiger partial charge is 0.456 e. The van der Waals surface area contributed by atoms with Crippen LogP contribution in [-0.4, -0.2) is 0 Å². The Morgan fingerprint density at radius 2 is 0.411 bits per heavy atom. The van der Waals surface area contributed by atoms with Gasteiger partial charge in [-0.05, 0) is 247 Å². The summed E-state index contributed by atoms with van der Waals surface area (Å²) in [5.74, 6) is 4.72. The highest BCUT2D eigenvalue weighted by Crippen LogP contribution is 2.58. The summed E-state index contributed by atoms with van der Waals surface area (Å²) in [5.41, 5.74) is 29.9. The summed E-state index contributed by atoms with van der Waals surface area (Å²) in [4.78, 5) is 13.6. The molecule has 0 spiro atoms. The van der Waals surface area contributed by atoms with Gasteiger partial charge in [-0.25, -0.2) is 0 Å². The molecule has 5 aromatic heterocycles. The molecule has 0 atom stereocenters. The first kappa shape index (κ1) is 84.5. The average molecular weight is 1900 g/mol. The number of rotatable bonds is 14. The van der Waals surface area contributed by atoms with E-state index in [-0.39, 0.29) is 0 Å². The highest BCUT2D eigenvalue weighted by Gasteiger charge is 2.34. The lowest BCUT2D eigenvalue weighted by Crippen LogP contribution is -2.16. The van der Waals surface area contributed by atoms with Crippen LogP contribution in [0.15, 0.2) is 527 Å². The maximum atomic E-state index is 6.65. The summed E-state index contributed by atoms with van der Waals surface area (Å²) < 4.78 is 47.6. The third-order valence-corrected chi connectivity index (χ3v) is 29.1. The molecule has 8 heterocycles. The standard InChI is InChI=1S/C48H32N2O2.C42H26N2O3.C42H26N2O2S/c1-3-11-33(12-4-1)34-19-21-35(22-20-34)36-23-25-38(26-24-36)49(37-13-5-2-6-14-37)39-28-30-44-48(32-39)52-46-18-10-8-16-43(46)50(44)40-27-29-42-41-15-7-9-17-45(41)51-47(42)31-40;1-2-10-27(11-3-1)43(28-20-23-39-34(24-28)32-13-5-8-16-38(32)45-39)29-19-22-36-42(26-29)47-40-17-9-6-14-35(40)44(36)30-18-21-33-31-12-4-7-15-37(31)46-41(33)25-30;1-2-10-27(11-3-1)43(28-20-23-42-34(24-28)33-13-5-9-17-41(33)47-42)29-19-22-36-40(26-29)46-38-16-8-6-14-35(38)44(36)30-18-21-32-31-12-4-7-15-37(31)45-39(32)25-30/h1-32H;2*1-26H. The van der Waals surface area contributed by atoms with Gasteiger partial charge in [0.1, 0.15) is 44.7 Å². The van der Waals surface area contributed by atoms with Crippen LogP contribution in [0.2, 0.25) is 0 Å². The lowest BCUT2D eigenvalue weighted by atomic mass is 10.00. The number of ether oxygens (including phenoxy) is 3. The molecular formula is C132H84N6O7S. The van der Waals surface area contributed by atoms with E-state index in [1.165, 1.54) is 42.4 Å². The monoisotopic (exact) mass is 1900 g/mol. The van der Waals surface area contributed by atoms with Crippen molar-refractivity contribution in [2.75, 3.05) is 29.4 Å². The molecule has 3 aliphatic heterocycles. The quantitative estimate of drug-likeness (QED) is 0.103. The van der Waals surface area contributed by atoms with Crippen LogP contribution in [0.3, 0.4) is 0 Å². The van der Waals surface area contributed by atoms with E-state index in [1.54, 1.807) is 0 Å². The Labute approximate surface area is 843 Å². The highest BCUT2D eigenvalue weighted by molar-refractivity contribution is 7.25. The van der Waals surface area contributed by atoms with Crippen molar-refractivity contribution in [1.29, 1.82) is 0 Å². The fourth-order valence-corrected chi connectivity index (χ4v) is 22.2. The molecule has 146 heavy (non-hydrogen) atoms. The average Bonchev–Trinajstić information content (AvgIpc) is 1.29. The van der Waals surface area contributed by atoms with Crippen LogP contribution in [-0.2, 0) is 0 Å². The molecule has 0 unspecified atom stereocenters. The minimum absolute atomic E-state index is 0.765. The molecule has 0 amide bonds. The van der Waals surface area contributed by atoms with E-state index in [0.29, 0.717) is 0 Å². The first-order valence-corrected chi connectivity index (χ1v) is 49.7. The van der Waals surface area contributed by atoms with Crippen molar-refractivity contribution < 1.29 is 31.9 Å². The minimum Gasteiger partial charge on any atom is -0.456 e. The van der Waals surface area contributed by atoms with Gasteiger partial charge in [-0.15, -0.1) is 11.3 Å². The zero-order chi connectivity index (χ0) is 96.2. The topological polar surface area (TPSA) is 99.7 Å². The zero-order valence-corrected chi connectivity index (χ0v) is 79.3. The van der Waals surface area contributed by atoms with Gasteiger partial charge in [0.25, 0.3) is 0 Å². The van der Waals surface area contributed by atoms with Crippen LogP contribution in [0.5, 0.6) is 34.5 Å². The zero-order valence-electron chi connectivity index (χ0n) is 78.4. The van der Waals surface area contributed by atoms with Crippen molar-refractivity contribution in [3.05, 3.63) is 510 Å². The van der Waals surface area contributed by atoms with Gasteiger partial charge >= 0.3 is 0 Å². The van der Waals surface area contributed by atoms with Crippen molar-refractivity contribution in [3.63, 3.8) is 0 Å².